The van der Waals surface area contributed by atoms with Crippen molar-refractivity contribution in [1.82, 2.24) is 4.98 Å². The van der Waals surface area contributed by atoms with E-state index in [4.69, 9.17) is 19.9 Å². The zero-order valence-electron chi connectivity index (χ0n) is 16.8. The fraction of sp³-hybridized carbons (Fsp3) is 0.292. The Morgan fingerprint density at radius 2 is 2.13 bits per heavy atom. The van der Waals surface area contributed by atoms with E-state index in [1.165, 1.54) is 16.5 Å². The minimum Gasteiger partial charge on any atom is -0.476 e. The van der Waals surface area contributed by atoms with E-state index < -0.39 is 0 Å². The van der Waals surface area contributed by atoms with Gasteiger partial charge in [0.25, 0.3) is 0 Å². The van der Waals surface area contributed by atoms with Gasteiger partial charge < -0.3 is 24.9 Å². The molecule has 0 amide bonds. The maximum atomic E-state index is 6.10. The predicted molar refractivity (Wildman–Crippen MR) is 118 cm³/mol. The highest BCUT2D eigenvalue weighted by molar-refractivity contribution is 6.10. The Labute approximate surface area is 175 Å². The number of hydrogen-bond donors (Lipinski definition) is 2. The molecule has 0 saturated carbocycles. The van der Waals surface area contributed by atoms with E-state index in [1.54, 1.807) is 0 Å². The molecule has 154 valence electrons. The number of aromatic amines is 1. The third-order valence-corrected chi connectivity index (χ3v) is 5.49. The fourth-order valence-corrected chi connectivity index (χ4v) is 3.95. The summed E-state index contributed by atoms with van der Waals surface area (Å²) in [5.41, 5.74) is 12.8. The van der Waals surface area contributed by atoms with Crippen LogP contribution in [0.1, 0.15) is 11.1 Å². The third kappa shape index (κ3) is 3.97. The Bertz CT molecular complexity index is 1080. The molecule has 6 nitrogen and oxygen atoms in total. The van der Waals surface area contributed by atoms with Gasteiger partial charge in [-0.05, 0) is 35.7 Å². The molecule has 2 aliphatic rings. The van der Waals surface area contributed by atoms with E-state index in [-0.39, 0.29) is 6.10 Å². The number of aliphatic imine (C=N–C) groups is 1. The first-order chi connectivity index (χ1) is 14.8. The molecule has 0 spiro atoms. The first kappa shape index (κ1) is 18.9. The van der Waals surface area contributed by atoms with Gasteiger partial charge in [-0.2, -0.15) is 0 Å². The standard InChI is InChI=1S/C24H25N3O3/c25-24(30-15-19-14-28-9-10-29-19)13-23-20-6-5-18(11-16(20)7-8-26-23)22-12-17-3-1-2-4-21(17)27-22/h1-6,11-13,19,27H,7-10,14-15,25H2. The number of H-pyrrole nitrogens is 1. The summed E-state index contributed by atoms with van der Waals surface area (Å²) in [7, 11) is 0. The van der Waals surface area contributed by atoms with Crippen molar-refractivity contribution in [1.29, 1.82) is 0 Å². The number of allylic oxidation sites excluding steroid dienone is 1. The molecule has 1 atom stereocenters. The van der Waals surface area contributed by atoms with E-state index in [2.05, 4.69) is 52.4 Å². The van der Waals surface area contributed by atoms with Crippen molar-refractivity contribution >= 4 is 16.6 Å². The van der Waals surface area contributed by atoms with Gasteiger partial charge in [-0.25, -0.2) is 0 Å². The Morgan fingerprint density at radius 3 is 3.00 bits per heavy atom. The number of nitrogens with zero attached hydrogens (tertiary/aromatic N) is 1. The van der Waals surface area contributed by atoms with Crippen molar-refractivity contribution in [3.8, 4) is 11.3 Å². The molecule has 3 N–H and O–H groups in total. The average molecular weight is 403 g/mol. The highest BCUT2D eigenvalue weighted by Gasteiger charge is 2.17. The van der Waals surface area contributed by atoms with Crippen molar-refractivity contribution in [3.63, 3.8) is 0 Å². The lowest BCUT2D eigenvalue weighted by molar-refractivity contribution is -0.108. The number of nitrogens with two attached hydrogens (primary N) is 1. The summed E-state index contributed by atoms with van der Waals surface area (Å²) in [5.74, 6) is 0.343. The highest BCUT2D eigenvalue weighted by Crippen LogP contribution is 2.28. The first-order valence-corrected chi connectivity index (χ1v) is 10.3. The molecule has 0 bridgehead atoms. The lowest BCUT2D eigenvalue weighted by atomic mass is 9.94. The fourth-order valence-electron chi connectivity index (χ4n) is 3.95. The minimum absolute atomic E-state index is 0.0786. The van der Waals surface area contributed by atoms with E-state index in [0.717, 1.165) is 35.5 Å². The van der Waals surface area contributed by atoms with Crippen molar-refractivity contribution in [3.05, 3.63) is 71.6 Å². The van der Waals surface area contributed by atoms with Crippen molar-refractivity contribution < 1.29 is 14.2 Å². The summed E-state index contributed by atoms with van der Waals surface area (Å²) in [6.45, 7) is 2.88. The van der Waals surface area contributed by atoms with Gasteiger partial charge in [-0.3, -0.25) is 4.99 Å². The Hall–Kier alpha value is -3.09. The molecular weight excluding hydrogens is 378 g/mol. The second-order valence-corrected chi connectivity index (χ2v) is 7.58. The van der Waals surface area contributed by atoms with E-state index >= 15 is 0 Å². The van der Waals surface area contributed by atoms with Crippen LogP contribution in [0.3, 0.4) is 0 Å². The summed E-state index contributed by atoms with van der Waals surface area (Å²) in [6, 6.07) is 17.0. The zero-order chi connectivity index (χ0) is 20.3. The summed E-state index contributed by atoms with van der Waals surface area (Å²) < 4.78 is 16.6. The van der Waals surface area contributed by atoms with Gasteiger partial charge in [-0.15, -0.1) is 0 Å². The minimum atomic E-state index is -0.0786. The Morgan fingerprint density at radius 1 is 1.20 bits per heavy atom. The summed E-state index contributed by atoms with van der Waals surface area (Å²) in [6.07, 6.45) is 2.64. The van der Waals surface area contributed by atoms with Crippen LogP contribution in [0.5, 0.6) is 0 Å². The first-order valence-electron chi connectivity index (χ1n) is 10.3. The molecule has 1 unspecified atom stereocenters. The lowest BCUT2D eigenvalue weighted by Gasteiger charge is -2.23. The SMILES string of the molecule is NC(=CC1=NCCc2cc(-c3cc4ccccc4[nH]3)ccc21)OCC1COCCO1. The quantitative estimate of drug-likeness (QED) is 0.640. The molecule has 2 aromatic carbocycles. The van der Waals surface area contributed by atoms with Crippen LogP contribution in [0.25, 0.3) is 22.2 Å². The van der Waals surface area contributed by atoms with Gasteiger partial charge >= 0.3 is 0 Å². The van der Waals surface area contributed by atoms with Crippen LogP contribution in [0, 0.1) is 0 Å². The molecule has 2 aliphatic heterocycles. The molecular formula is C24H25N3O3. The number of rotatable bonds is 5. The molecule has 5 rings (SSSR count). The molecule has 30 heavy (non-hydrogen) atoms. The van der Waals surface area contributed by atoms with Gasteiger partial charge in [0.1, 0.15) is 12.7 Å². The van der Waals surface area contributed by atoms with Crippen LogP contribution in [0.4, 0.5) is 0 Å². The molecule has 0 radical (unpaired) electrons. The van der Waals surface area contributed by atoms with E-state index in [1.807, 2.05) is 12.1 Å². The number of ether oxygens (including phenoxy) is 3. The number of para-hydroxylation sites is 1. The van der Waals surface area contributed by atoms with Crippen LogP contribution in [-0.4, -0.2) is 49.8 Å². The van der Waals surface area contributed by atoms with Crippen LogP contribution in [-0.2, 0) is 20.6 Å². The van der Waals surface area contributed by atoms with Crippen molar-refractivity contribution in [2.45, 2.75) is 12.5 Å². The smallest absolute Gasteiger partial charge is 0.186 e. The topological polar surface area (TPSA) is 81.9 Å². The number of fused-ring (bicyclic) bond motifs is 2. The molecule has 3 heterocycles. The Balaban J connectivity index is 1.34. The molecule has 0 aliphatic carbocycles. The number of hydrogen-bond acceptors (Lipinski definition) is 5. The van der Waals surface area contributed by atoms with Gasteiger partial charge in [0.05, 0.1) is 25.5 Å². The zero-order valence-corrected chi connectivity index (χ0v) is 16.8. The summed E-state index contributed by atoms with van der Waals surface area (Å²) in [5, 5.41) is 1.22. The molecule has 1 aromatic heterocycles. The third-order valence-electron chi connectivity index (χ3n) is 5.49. The number of aromatic nitrogens is 1. The maximum absolute atomic E-state index is 6.10. The largest absolute Gasteiger partial charge is 0.476 e. The molecule has 3 aromatic rings. The van der Waals surface area contributed by atoms with E-state index in [9.17, 15) is 0 Å². The van der Waals surface area contributed by atoms with Gasteiger partial charge in [0.15, 0.2) is 5.88 Å². The normalized spacial score (nSPS) is 19.4. The Kier molecular flexibility index (Phi) is 5.26. The van der Waals surface area contributed by atoms with Crippen molar-refractivity contribution in [2.24, 2.45) is 10.7 Å². The van der Waals surface area contributed by atoms with Gasteiger partial charge in [0.2, 0.25) is 0 Å². The second kappa shape index (κ2) is 8.34. The number of benzene rings is 2. The molecule has 6 heteroatoms. The summed E-state index contributed by atoms with van der Waals surface area (Å²) in [4.78, 5) is 8.16. The second-order valence-electron chi connectivity index (χ2n) is 7.58. The van der Waals surface area contributed by atoms with Gasteiger partial charge in [-0.1, -0.05) is 30.3 Å². The van der Waals surface area contributed by atoms with Gasteiger partial charge in [0, 0.05) is 34.8 Å². The maximum Gasteiger partial charge on any atom is 0.186 e. The molecule has 1 fully saturated rings. The predicted octanol–water partition coefficient (Wildman–Crippen LogP) is 3.41. The summed E-state index contributed by atoms with van der Waals surface area (Å²) >= 11 is 0. The average Bonchev–Trinajstić information content (AvgIpc) is 3.23. The van der Waals surface area contributed by atoms with E-state index in [0.29, 0.717) is 32.3 Å². The van der Waals surface area contributed by atoms with Crippen LogP contribution >= 0.6 is 0 Å². The van der Waals surface area contributed by atoms with Crippen LogP contribution < -0.4 is 5.73 Å². The van der Waals surface area contributed by atoms with Crippen LogP contribution in [0.2, 0.25) is 0 Å². The molecule has 1 saturated heterocycles. The van der Waals surface area contributed by atoms with Crippen molar-refractivity contribution in [2.75, 3.05) is 33.0 Å². The lowest BCUT2D eigenvalue weighted by Crippen LogP contribution is -2.32. The number of nitrogens with one attached hydrogen (secondary N) is 1. The monoisotopic (exact) mass is 403 g/mol. The highest BCUT2D eigenvalue weighted by atomic mass is 16.6. The van der Waals surface area contributed by atoms with Crippen LogP contribution in [0.15, 0.2) is 65.5 Å².